The van der Waals surface area contributed by atoms with Gasteiger partial charge in [-0.05, 0) is 23.3 Å². The van der Waals surface area contributed by atoms with E-state index in [1.54, 1.807) is 0 Å². The summed E-state index contributed by atoms with van der Waals surface area (Å²) in [5.41, 5.74) is 3.63. The number of fused-ring (bicyclic) bond motifs is 1. The van der Waals surface area contributed by atoms with Crippen LogP contribution in [0.25, 0.3) is 5.52 Å². The van der Waals surface area contributed by atoms with Crippen LogP contribution in [0.4, 0.5) is 0 Å². The molecule has 0 bridgehead atoms. The Hall–Kier alpha value is -2.87. The molecule has 2 aromatic carbocycles. The highest BCUT2D eigenvalue weighted by Crippen LogP contribution is 2.31. The van der Waals surface area contributed by atoms with Crippen molar-refractivity contribution in [1.29, 1.82) is 0 Å². The summed E-state index contributed by atoms with van der Waals surface area (Å²) in [5.74, 6) is 1.18. The zero-order valence-electron chi connectivity index (χ0n) is 12.1. The van der Waals surface area contributed by atoms with Crippen LogP contribution in [0.5, 0.6) is 0 Å². The van der Waals surface area contributed by atoms with Crippen molar-refractivity contribution < 1.29 is 0 Å². The molecule has 4 rings (SSSR count). The monoisotopic (exact) mass is 284 g/mol. The topological polar surface area (TPSA) is 17.3 Å². The number of pyridine rings is 1. The molecular weight excluding hydrogens is 268 g/mol. The fourth-order valence-corrected chi connectivity index (χ4v) is 2.96. The van der Waals surface area contributed by atoms with E-state index in [4.69, 9.17) is 4.98 Å². The maximum atomic E-state index is 4.71. The first-order chi connectivity index (χ1) is 10.9. The highest BCUT2D eigenvalue weighted by atomic mass is 15.0. The van der Waals surface area contributed by atoms with Crippen molar-refractivity contribution in [2.45, 2.75) is 5.92 Å². The molecule has 2 aromatic heterocycles. The summed E-state index contributed by atoms with van der Waals surface area (Å²) in [4.78, 5) is 4.71. The zero-order chi connectivity index (χ0) is 14.8. The number of hydrogen-bond donors (Lipinski definition) is 0. The zero-order valence-corrected chi connectivity index (χ0v) is 12.1. The predicted molar refractivity (Wildman–Crippen MR) is 89.0 cm³/mol. The van der Waals surface area contributed by atoms with Gasteiger partial charge in [-0.1, -0.05) is 66.7 Å². The fraction of sp³-hybridized carbons (Fsp3) is 0.0500. The lowest BCUT2D eigenvalue weighted by Crippen LogP contribution is -2.07. The van der Waals surface area contributed by atoms with Crippen LogP contribution in [0.3, 0.4) is 0 Å². The third kappa shape index (κ3) is 2.19. The number of nitrogens with zero attached hydrogens (tertiary/aromatic N) is 2. The van der Waals surface area contributed by atoms with Crippen LogP contribution in [-0.4, -0.2) is 9.38 Å². The molecule has 106 valence electrons. The van der Waals surface area contributed by atoms with Crippen LogP contribution in [-0.2, 0) is 0 Å². The lowest BCUT2D eigenvalue weighted by molar-refractivity contribution is 0.850. The first kappa shape index (κ1) is 12.8. The molecule has 2 heterocycles. The molecule has 0 fully saturated rings. The third-order valence-corrected chi connectivity index (χ3v) is 3.99. The van der Waals surface area contributed by atoms with Gasteiger partial charge in [0.1, 0.15) is 5.82 Å². The van der Waals surface area contributed by atoms with E-state index in [1.165, 1.54) is 11.1 Å². The summed E-state index contributed by atoms with van der Waals surface area (Å²) in [6.45, 7) is 0. The summed E-state index contributed by atoms with van der Waals surface area (Å²) in [7, 11) is 0. The molecule has 0 saturated carbocycles. The summed E-state index contributed by atoms with van der Waals surface area (Å²) < 4.78 is 2.17. The van der Waals surface area contributed by atoms with E-state index in [9.17, 15) is 0 Å². The lowest BCUT2D eigenvalue weighted by Gasteiger charge is -2.17. The van der Waals surface area contributed by atoms with Gasteiger partial charge in [-0.15, -0.1) is 0 Å². The molecule has 0 atom stereocenters. The van der Waals surface area contributed by atoms with E-state index >= 15 is 0 Å². The SMILES string of the molecule is c1ccc(C(c2ccccc2)c2ncc3ccccn23)cc1. The smallest absolute Gasteiger partial charge is 0.125 e. The van der Waals surface area contributed by atoms with Gasteiger partial charge in [-0.25, -0.2) is 4.98 Å². The van der Waals surface area contributed by atoms with Crippen molar-refractivity contribution in [2.24, 2.45) is 0 Å². The van der Waals surface area contributed by atoms with Gasteiger partial charge < -0.3 is 4.40 Å². The van der Waals surface area contributed by atoms with Gasteiger partial charge >= 0.3 is 0 Å². The first-order valence-electron chi connectivity index (χ1n) is 7.45. The van der Waals surface area contributed by atoms with E-state index in [1.807, 2.05) is 18.3 Å². The van der Waals surface area contributed by atoms with E-state index in [0.29, 0.717) is 0 Å². The standard InChI is InChI=1S/C20H16N2/c1-3-9-16(10-4-1)19(17-11-5-2-6-12-17)20-21-15-18-13-7-8-14-22(18)20/h1-15,19H. The van der Waals surface area contributed by atoms with Crippen molar-refractivity contribution >= 4 is 5.52 Å². The molecule has 0 aliphatic heterocycles. The predicted octanol–water partition coefficient (Wildman–Crippen LogP) is 4.51. The molecule has 0 saturated heterocycles. The maximum Gasteiger partial charge on any atom is 0.125 e. The molecule has 22 heavy (non-hydrogen) atoms. The highest BCUT2D eigenvalue weighted by molar-refractivity contribution is 5.49. The second-order valence-corrected chi connectivity index (χ2v) is 5.37. The maximum absolute atomic E-state index is 4.71. The van der Waals surface area contributed by atoms with Gasteiger partial charge in [0.05, 0.1) is 17.6 Å². The number of hydrogen-bond acceptors (Lipinski definition) is 1. The van der Waals surface area contributed by atoms with E-state index in [0.717, 1.165) is 11.3 Å². The third-order valence-electron chi connectivity index (χ3n) is 3.99. The van der Waals surface area contributed by atoms with Crippen LogP contribution in [0.15, 0.2) is 91.3 Å². The highest BCUT2D eigenvalue weighted by Gasteiger charge is 2.20. The van der Waals surface area contributed by atoms with Gasteiger partial charge in [-0.2, -0.15) is 0 Å². The molecule has 2 nitrogen and oxygen atoms in total. The molecule has 2 heteroatoms. The van der Waals surface area contributed by atoms with Gasteiger partial charge in [0.15, 0.2) is 0 Å². The van der Waals surface area contributed by atoms with Crippen molar-refractivity contribution in [3.8, 4) is 0 Å². The molecule has 4 aromatic rings. The molecule has 0 amide bonds. The average Bonchev–Trinajstić information content (AvgIpc) is 3.01. The van der Waals surface area contributed by atoms with E-state index < -0.39 is 0 Å². The fourth-order valence-electron chi connectivity index (χ4n) is 2.96. The summed E-state index contributed by atoms with van der Waals surface area (Å²) in [6.07, 6.45) is 4.02. The lowest BCUT2D eigenvalue weighted by atomic mass is 9.90. The van der Waals surface area contributed by atoms with Crippen molar-refractivity contribution in [1.82, 2.24) is 9.38 Å². The molecular formula is C20H16N2. The normalized spacial score (nSPS) is 11.1. The van der Waals surface area contributed by atoms with Crippen molar-refractivity contribution in [3.05, 3.63) is 108 Å². The molecule has 0 radical (unpaired) electrons. The number of aromatic nitrogens is 2. The number of imidazole rings is 1. The molecule has 0 aliphatic carbocycles. The van der Waals surface area contributed by atoms with Gasteiger partial charge in [0, 0.05) is 6.20 Å². The Morgan fingerprint density at radius 1 is 0.682 bits per heavy atom. The summed E-state index contributed by atoms with van der Waals surface area (Å²) in [5, 5.41) is 0. The summed E-state index contributed by atoms with van der Waals surface area (Å²) in [6, 6.07) is 27.3. The number of rotatable bonds is 3. The Morgan fingerprint density at radius 2 is 1.27 bits per heavy atom. The van der Waals surface area contributed by atoms with Gasteiger partial charge in [-0.3, -0.25) is 0 Å². The second kappa shape index (κ2) is 5.49. The Balaban J connectivity index is 1.95. The Labute approximate surface area is 129 Å². The molecule has 0 N–H and O–H groups in total. The molecule has 0 aliphatic rings. The van der Waals surface area contributed by atoms with Crippen LogP contribution < -0.4 is 0 Å². The van der Waals surface area contributed by atoms with Crippen LogP contribution in [0.2, 0.25) is 0 Å². The van der Waals surface area contributed by atoms with E-state index in [-0.39, 0.29) is 5.92 Å². The Morgan fingerprint density at radius 3 is 1.91 bits per heavy atom. The number of benzene rings is 2. The van der Waals surface area contributed by atoms with Crippen molar-refractivity contribution in [2.75, 3.05) is 0 Å². The minimum absolute atomic E-state index is 0.132. The summed E-state index contributed by atoms with van der Waals surface area (Å²) >= 11 is 0. The van der Waals surface area contributed by atoms with Crippen LogP contribution >= 0.6 is 0 Å². The molecule has 0 spiro atoms. The average molecular weight is 284 g/mol. The van der Waals surface area contributed by atoms with Crippen LogP contribution in [0.1, 0.15) is 22.9 Å². The Kier molecular flexibility index (Phi) is 3.20. The van der Waals surface area contributed by atoms with Gasteiger partial charge in [0.2, 0.25) is 0 Å². The quantitative estimate of drug-likeness (QED) is 0.541. The second-order valence-electron chi connectivity index (χ2n) is 5.37. The molecule has 0 unspecified atom stereocenters. The minimum atomic E-state index is 0.132. The van der Waals surface area contributed by atoms with Crippen molar-refractivity contribution in [3.63, 3.8) is 0 Å². The Bertz CT molecular complexity index is 840. The van der Waals surface area contributed by atoms with Crippen LogP contribution in [0, 0.1) is 0 Å². The van der Waals surface area contributed by atoms with E-state index in [2.05, 4.69) is 77.3 Å². The largest absolute Gasteiger partial charge is 0.303 e. The van der Waals surface area contributed by atoms with Gasteiger partial charge in [0.25, 0.3) is 0 Å². The first-order valence-corrected chi connectivity index (χ1v) is 7.45. The minimum Gasteiger partial charge on any atom is -0.303 e.